The Kier molecular flexibility index (Phi) is 8.53. The number of aromatic nitrogens is 1. The van der Waals surface area contributed by atoms with Crippen LogP contribution in [0.5, 0.6) is 0 Å². The van der Waals surface area contributed by atoms with Crippen LogP contribution in [-0.4, -0.2) is 56.8 Å². The molecule has 0 radical (unpaired) electrons. The third kappa shape index (κ3) is 7.09. The van der Waals surface area contributed by atoms with Crippen LogP contribution >= 0.6 is 0 Å². The van der Waals surface area contributed by atoms with Crippen LogP contribution in [0.25, 0.3) is 0 Å². The largest absolute Gasteiger partial charge is 0.468 e. The fraction of sp³-hybridized carbons (Fsp3) is 0.348. The number of benzene rings is 1. The first-order valence-electron chi connectivity index (χ1n) is 11.0. The van der Waals surface area contributed by atoms with Gasteiger partial charge in [-0.1, -0.05) is 25.3 Å². The van der Waals surface area contributed by atoms with Crippen molar-refractivity contribution in [3.8, 4) is 0 Å². The summed E-state index contributed by atoms with van der Waals surface area (Å²) in [4.78, 5) is 51.7. The molecule has 3 N–H and O–H groups in total. The lowest BCUT2D eigenvalue weighted by Crippen LogP contribution is -2.36. The molecular weight excluding hydrogens is 476 g/mol. The van der Waals surface area contributed by atoms with Gasteiger partial charge in [0, 0.05) is 17.8 Å². The highest BCUT2D eigenvalue weighted by Crippen LogP contribution is 2.18. The van der Waals surface area contributed by atoms with Crippen molar-refractivity contribution in [2.45, 2.75) is 43.0 Å². The van der Waals surface area contributed by atoms with Crippen LogP contribution in [-0.2, 0) is 19.6 Å². The third-order valence-corrected chi connectivity index (χ3v) is 6.78. The first-order valence-corrected chi connectivity index (χ1v) is 12.5. The van der Waals surface area contributed by atoms with Crippen LogP contribution in [0.1, 0.15) is 63.3 Å². The molecule has 1 aromatic heterocycles. The summed E-state index contributed by atoms with van der Waals surface area (Å²) < 4.78 is 31.8. The number of methoxy groups -OCH3 is 1. The van der Waals surface area contributed by atoms with Crippen LogP contribution in [0.2, 0.25) is 0 Å². The van der Waals surface area contributed by atoms with E-state index in [0.29, 0.717) is 0 Å². The molecule has 11 nitrogen and oxygen atoms in total. The number of carbonyl (C=O) groups excluding carboxylic acids is 4. The molecule has 1 heterocycles. The SMILES string of the molecule is COC(=O)CNC(=O)c1ccc(C(=O)NS(=O)(=O)c2cccc(C(=O)NC3CCCCC3)c2)cn1. The average molecular weight is 503 g/mol. The molecule has 2 aromatic rings. The lowest BCUT2D eigenvalue weighted by atomic mass is 9.95. The van der Waals surface area contributed by atoms with Crippen molar-refractivity contribution in [2.24, 2.45) is 0 Å². The molecule has 0 bridgehead atoms. The molecule has 1 aromatic carbocycles. The third-order valence-electron chi connectivity index (χ3n) is 5.45. The molecule has 12 heteroatoms. The van der Waals surface area contributed by atoms with Gasteiger partial charge >= 0.3 is 5.97 Å². The highest BCUT2D eigenvalue weighted by molar-refractivity contribution is 7.90. The normalized spacial score (nSPS) is 14.0. The van der Waals surface area contributed by atoms with E-state index >= 15 is 0 Å². The minimum absolute atomic E-state index is 0.0641. The van der Waals surface area contributed by atoms with Crippen LogP contribution in [0, 0.1) is 0 Å². The van der Waals surface area contributed by atoms with Gasteiger partial charge in [-0.05, 0) is 43.2 Å². The van der Waals surface area contributed by atoms with Crippen LogP contribution in [0.4, 0.5) is 0 Å². The number of ether oxygens (including phenoxy) is 1. The lowest BCUT2D eigenvalue weighted by molar-refractivity contribution is -0.139. The highest BCUT2D eigenvalue weighted by atomic mass is 32.2. The molecule has 0 aliphatic heterocycles. The van der Waals surface area contributed by atoms with E-state index in [-0.39, 0.29) is 40.2 Å². The minimum Gasteiger partial charge on any atom is -0.468 e. The van der Waals surface area contributed by atoms with Gasteiger partial charge in [0.15, 0.2) is 0 Å². The second kappa shape index (κ2) is 11.6. The number of rotatable bonds is 8. The van der Waals surface area contributed by atoms with E-state index in [4.69, 9.17) is 0 Å². The van der Waals surface area contributed by atoms with Gasteiger partial charge in [-0.15, -0.1) is 0 Å². The number of nitrogens with zero attached hydrogens (tertiary/aromatic N) is 1. The van der Waals surface area contributed by atoms with Crippen LogP contribution in [0.3, 0.4) is 0 Å². The Hall–Kier alpha value is -3.80. The lowest BCUT2D eigenvalue weighted by Gasteiger charge is -2.22. The quantitative estimate of drug-likeness (QED) is 0.453. The Morgan fingerprint density at radius 1 is 0.971 bits per heavy atom. The number of esters is 1. The van der Waals surface area contributed by atoms with Crippen molar-refractivity contribution in [1.82, 2.24) is 20.3 Å². The Morgan fingerprint density at radius 2 is 1.71 bits per heavy atom. The van der Waals surface area contributed by atoms with Crippen molar-refractivity contribution in [3.63, 3.8) is 0 Å². The van der Waals surface area contributed by atoms with Gasteiger partial charge in [0.2, 0.25) is 0 Å². The predicted octanol–water partition coefficient (Wildman–Crippen LogP) is 1.17. The van der Waals surface area contributed by atoms with Crippen molar-refractivity contribution < 1.29 is 32.3 Å². The Bertz CT molecular complexity index is 1210. The van der Waals surface area contributed by atoms with Gasteiger partial charge < -0.3 is 15.4 Å². The molecular formula is C23H26N4O7S. The second-order valence-corrected chi connectivity index (χ2v) is 9.64. The Balaban J connectivity index is 1.64. The van der Waals surface area contributed by atoms with E-state index in [9.17, 15) is 27.6 Å². The first-order chi connectivity index (χ1) is 16.7. The highest BCUT2D eigenvalue weighted by Gasteiger charge is 2.22. The number of nitrogens with one attached hydrogen (secondary N) is 3. The van der Waals surface area contributed by atoms with Crippen molar-refractivity contribution in [1.29, 1.82) is 0 Å². The van der Waals surface area contributed by atoms with E-state index < -0.39 is 27.8 Å². The van der Waals surface area contributed by atoms with E-state index in [1.807, 2.05) is 4.72 Å². The number of sulfonamides is 1. The monoisotopic (exact) mass is 502 g/mol. The smallest absolute Gasteiger partial charge is 0.325 e. The topological polar surface area (TPSA) is 161 Å². The number of carbonyl (C=O) groups is 4. The number of pyridine rings is 1. The first kappa shape index (κ1) is 25.8. The maximum Gasteiger partial charge on any atom is 0.325 e. The standard InChI is InChI=1S/C23H26N4O7S/c1-34-20(28)14-25-23(31)19-11-10-16(13-24-19)22(30)27-35(32,33)18-9-5-6-15(12-18)21(29)26-17-7-3-2-4-8-17/h5-6,9-13,17H,2-4,7-8,14H2,1H3,(H,25,31)(H,26,29)(H,27,30). The summed E-state index contributed by atoms with van der Waals surface area (Å²) in [5.74, 6) is -2.64. The summed E-state index contributed by atoms with van der Waals surface area (Å²) in [5, 5.41) is 5.22. The fourth-order valence-electron chi connectivity index (χ4n) is 3.54. The minimum atomic E-state index is -4.28. The molecule has 3 amide bonds. The zero-order valence-electron chi connectivity index (χ0n) is 19.1. The van der Waals surface area contributed by atoms with Gasteiger partial charge in [0.05, 0.1) is 17.6 Å². The van der Waals surface area contributed by atoms with Crippen molar-refractivity contribution in [2.75, 3.05) is 13.7 Å². The Labute approximate surface area is 202 Å². The summed E-state index contributed by atoms with van der Waals surface area (Å²) in [5.41, 5.74) is -0.0100. The molecule has 3 rings (SSSR count). The zero-order chi connectivity index (χ0) is 25.4. The predicted molar refractivity (Wildman–Crippen MR) is 124 cm³/mol. The summed E-state index contributed by atoms with van der Waals surface area (Å²) in [6, 6.07) is 7.92. The second-order valence-electron chi connectivity index (χ2n) is 7.96. The van der Waals surface area contributed by atoms with Crippen molar-refractivity contribution >= 4 is 33.7 Å². The fourth-order valence-corrected chi connectivity index (χ4v) is 4.56. The molecule has 0 atom stereocenters. The van der Waals surface area contributed by atoms with Gasteiger partial charge in [-0.2, -0.15) is 0 Å². The molecule has 0 unspecified atom stereocenters. The maximum absolute atomic E-state index is 12.7. The molecule has 0 spiro atoms. The van der Waals surface area contributed by atoms with Crippen molar-refractivity contribution in [3.05, 3.63) is 59.4 Å². The van der Waals surface area contributed by atoms with Crippen LogP contribution in [0.15, 0.2) is 47.5 Å². The molecule has 1 aliphatic carbocycles. The summed E-state index contributed by atoms with van der Waals surface area (Å²) >= 11 is 0. The maximum atomic E-state index is 12.7. The molecule has 0 saturated heterocycles. The number of amides is 3. The zero-order valence-corrected chi connectivity index (χ0v) is 19.9. The number of hydrogen-bond donors (Lipinski definition) is 3. The van der Waals surface area contributed by atoms with E-state index in [1.165, 1.54) is 43.5 Å². The molecule has 1 fully saturated rings. The van der Waals surface area contributed by atoms with Gasteiger partial charge in [-0.3, -0.25) is 24.2 Å². The molecule has 186 valence electrons. The van der Waals surface area contributed by atoms with E-state index in [1.54, 1.807) is 0 Å². The summed E-state index contributed by atoms with van der Waals surface area (Å²) in [6.07, 6.45) is 6.03. The molecule has 1 aliphatic rings. The van der Waals surface area contributed by atoms with Gasteiger partial charge in [-0.25, -0.2) is 13.1 Å². The summed E-state index contributed by atoms with van der Waals surface area (Å²) in [6.45, 7) is -0.352. The molecule has 1 saturated carbocycles. The average Bonchev–Trinajstić information content (AvgIpc) is 2.87. The summed E-state index contributed by atoms with van der Waals surface area (Å²) in [7, 11) is -3.10. The molecule has 35 heavy (non-hydrogen) atoms. The van der Waals surface area contributed by atoms with Crippen LogP contribution < -0.4 is 15.4 Å². The van der Waals surface area contributed by atoms with Gasteiger partial charge in [0.25, 0.3) is 27.7 Å². The van der Waals surface area contributed by atoms with E-state index in [2.05, 4.69) is 20.4 Å². The van der Waals surface area contributed by atoms with E-state index in [0.717, 1.165) is 38.3 Å². The van der Waals surface area contributed by atoms with Gasteiger partial charge in [0.1, 0.15) is 12.2 Å². The number of hydrogen-bond acceptors (Lipinski definition) is 8. The Morgan fingerprint density at radius 3 is 2.37 bits per heavy atom.